The van der Waals surface area contributed by atoms with Gasteiger partial charge in [-0.3, -0.25) is 4.98 Å². The summed E-state index contributed by atoms with van der Waals surface area (Å²) in [5.74, 6) is 0. The molecule has 0 radical (unpaired) electrons. The fraction of sp³-hybridized carbons (Fsp3) is 0.182. The molecule has 0 aliphatic rings. The summed E-state index contributed by atoms with van der Waals surface area (Å²) in [6, 6.07) is 7.57. The zero-order valence-corrected chi connectivity index (χ0v) is 7.99. The number of nitrogens with two attached hydrogens (primary N) is 1. The Morgan fingerprint density at radius 3 is 2.71 bits per heavy atom. The van der Waals surface area contributed by atoms with Crippen LogP contribution < -0.4 is 5.73 Å². The van der Waals surface area contributed by atoms with Gasteiger partial charge < -0.3 is 10.8 Å². The van der Waals surface area contributed by atoms with Crippen molar-refractivity contribution in [2.75, 3.05) is 5.73 Å². The van der Waals surface area contributed by atoms with Crippen LogP contribution in [0.5, 0.6) is 0 Å². The zero-order valence-electron chi connectivity index (χ0n) is 7.99. The Balaban J connectivity index is 2.78. The lowest BCUT2D eigenvalue weighted by Gasteiger charge is -2.05. The molecule has 3 nitrogen and oxygen atoms in total. The lowest BCUT2D eigenvalue weighted by Crippen LogP contribution is -1.95. The topological polar surface area (TPSA) is 59.1 Å². The van der Waals surface area contributed by atoms with E-state index in [0.717, 1.165) is 22.2 Å². The molecule has 2 aromatic rings. The summed E-state index contributed by atoms with van der Waals surface area (Å²) in [7, 11) is 0. The van der Waals surface area contributed by atoms with E-state index in [1.165, 1.54) is 0 Å². The molecule has 3 N–H and O–H groups in total. The molecule has 0 aliphatic heterocycles. The number of pyridine rings is 1. The molecule has 0 aliphatic carbocycles. The maximum absolute atomic E-state index is 8.96. The molecule has 0 spiro atoms. The van der Waals surface area contributed by atoms with E-state index < -0.39 is 0 Å². The van der Waals surface area contributed by atoms with E-state index in [2.05, 4.69) is 4.98 Å². The first-order valence-electron chi connectivity index (χ1n) is 4.48. The van der Waals surface area contributed by atoms with Gasteiger partial charge in [-0.1, -0.05) is 12.1 Å². The van der Waals surface area contributed by atoms with Gasteiger partial charge in [0.15, 0.2) is 0 Å². The van der Waals surface area contributed by atoms with E-state index >= 15 is 0 Å². The highest BCUT2D eigenvalue weighted by Gasteiger charge is 2.02. The summed E-state index contributed by atoms with van der Waals surface area (Å²) < 4.78 is 0. The van der Waals surface area contributed by atoms with Crippen LogP contribution in [0.4, 0.5) is 5.69 Å². The van der Waals surface area contributed by atoms with E-state index in [-0.39, 0.29) is 6.61 Å². The molecule has 0 bridgehead atoms. The number of anilines is 1. The molecule has 1 heterocycles. The lowest BCUT2D eigenvalue weighted by molar-refractivity contribution is 0.277. The van der Waals surface area contributed by atoms with E-state index in [1.54, 1.807) is 0 Å². The highest BCUT2D eigenvalue weighted by molar-refractivity contribution is 5.85. The van der Waals surface area contributed by atoms with Gasteiger partial charge in [-0.2, -0.15) is 0 Å². The van der Waals surface area contributed by atoms with Crippen LogP contribution in [0.1, 0.15) is 11.3 Å². The molecule has 1 aromatic heterocycles. The number of nitrogens with zero attached hydrogens (tertiary/aromatic N) is 1. The number of aliphatic hydroxyl groups excluding tert-OH is 1. The minimum Gasteiger partial charge on any atom is -0.398 e. The maximum atomic E-state index is 8.96. The Morgan fingerprint density at radius 2 is 2.00 bits per heavy atom. The summed E-state index contributed by atoms with van der Waals surface area (Å²) in [4.78, 5) is 4.32. The molecule has 2 rings (SSSR count). The average Bonchev–Trinajstić information content (AvgIpc) is 2.23. The molecule has 0 saturated carbocycles. The predicted octanol–water partition coefficient (Wildman–Crippen LogP) is 1.62. The number of fused-ring (bicyclic) bond motifs is 1. The monoisotopic (exact) mass is 188 g/mol. The highest BCUT2D eigenvalue weighted by atomic mass is 16.3. The van der Waals surface area contributed by atoms with Gasteiger partial charge in [0.05, 0.1) is 17.8 Å². The van der Waals surface area contributed by atoms with Gasteiger partial charge in [0.1, 0.15) is 0 Å². The highest BCUT2D eigenvalue weighted by Crippen LogP contribution is 2.21. The van der Waals surface area contributed by atoms with Crippen molar-refractivity contribution < 1.29 is 5.11 Å². The third-order valence-electron chi connectivity index (χ3n) is 2.38. The third-order valence-corrected chi connectivity index (χ3v) is 2.38. The van der Waals surface area contributed by atoms with Gasteiger partial charge in [0.25, 0.3) is 0 Å². The molecule has 0 unspecified atom stereocenters. The SMILES string of the molecule is Cc1c(N)ccc2ccc(CO)nc12. The smallest absolute Gasteiger partial charge is 0.0853 e. The van der Waals surface area contributed by atoms with Crippen molar-refractivity contribution in [3.63, 3.8) is 0 Å². The number of hydrogen-bond donors (Lipinski definition) is 2. The fourth-order valence-corrected chi connectivity index (χ4v) is 1.47. The molecule has 0 saturated heterocycles. The van der Waals surface area contributed by atoms with Gasteiger partial charge in [-0.05, 0) is 24.6 Å². The third kappa shape index (κ3) is 1.32. The van der Waals surface area contributed by atoms with Gasteiger partial charge >= 0.3 is 0 Å². The molecule has 1 aromatic carbocycles. The van der Waals surface area contributed by atoms with Crippen molar-refractivity contribution in [1.29, 1.82) is 0 Å². The van der Waals surface area contributed by atoms with E-state index in [0.29, 0.717) is 5.69 Å². The van der Waals surface area contributed by atoms with Crippen molar-refractivity contribution in [3.8, 4) is 0 Å². The molecule has 3 heteroatoms. The number of benzene rings is 1. The van der Waals surface area contributed by atoms with Crippen LogP contribution in [0, 0.1) is 6.92 Å². The van der Waals surface area contributed by atoms with Crippen LogP contribution in [-0.2, 0) is 6.61 Å². The number of aliphatic hydroxyl groups is 1. The minimum atomic E-state index is -0.0375. The second kappa shape index (κ2) is 3.27. The summed E-state index contributed by atoms with van der Waals surface area (Å²) in [6.07, 6.45) is 0. The van der Waals surface area contributed by atoms with E-state index in [9.17, 15) is 0 Å². The van der Waals surface area contributed by atoms with E-state index in [1.807, 2.05) is 31.2 Å². The predicted molar refractivity (Wildman–Crippen MR) is 56.8 cm³/mol. The fourth-order valence-electron chi connectivity index (χ4n) is 1.47. The Labute approximate surface area is 82.2 Å². The maximum Gasteiger partial charge on any atom is 0.0853 e. The van der Waals surface area contributed by atoms with Gasteiger partial charge in [0, 0.05) is 11.1 Å². The van der Waals surface area contributed by atoms with Crippen molar-refractivity contribution in [3.05, 3.63) is 35.5 Å². The molecular formula is C11H12N2O. The molecule has 72 valence electrons. The van der Waals surface area contributed by atoms with Crippen LogP contribution >= 0.6 is 0 Å². The largest absolute Gasteiger partial charge is 0.398 e. The molecule has 0 amide bonds. The van der Waals surface area contributed by atoms with Gasteiger partial charge in [0.2, 0.25) is 0 Å². The molecule has 0 atom stereocenters. The molecule has 14 heavy (non-hydrogen) atoms. The Morgan fingerprint density at radius 1 is 1.29 bits per heavy atom. The normalized spacial score (nSPS) is 10.7. The summed E-state index contributed by atoms with van der Waals surface area (Å²) in [5.41, 5.74) is 9.03. The van der Waals surface area contributed by atoms with E-state index in [4.69, 9.17) is 10.8 Å². The summed E-state index contributed by atoms with van der Waals surface area (Å²) in [6.45, 7) is 1.90. The Kier molecular flexibility index (Phi) is 2.09. The molecular weight excluding hydrogens is 176 g/mol. The standard InChI is InChI=1S/C11H12N2O/c1-7-10(12)5-3-8-2-4-9(6-14)13-11(7)8/h2-5,14H,6,12H2,1H3. The number of nitrogen functional groups attached to an aromatic ring is 1. The Hall–Kier alpha value is -1.61. The second-order valence-corrected chi connectivity index (χ2v) is 3.31. The second-order valence-electron chi connectivity index (χ2n) is 3.31. The van der Waals surface area contributed by atoms with Crippen molar-refractivity contribution in [1.82, 2.24) is 4.98 Å². The van der Waals surface area contributed by atoms with Crippen molar-refractivity contribution in [2.45, 2.75) is 13.5 Å². The van der Waals surface area contributed by atoms with Gasteiger partial charge in [-0.15, -0.1) is 0 Å². The average molecular weight is 188 g/mol. The Bertz CT molecular complexity index is 480. The van der Waals surface area contributed by atoms with Crippen LogP contribution in [-0.4, -0.2) is 10.1 Å². The first-order valence-corrected chi connectivity index (χ1v) is 4.48. The van der Waals surface area contributed by atoms with Gasteiger partial charge in [-0.25, -0.2) is 0 Å². The first kappa shape index (κ1) is 8.97. The first-order chi connectivity index (χ1) is 6.72. The van der Waals surface area contributed by atoms with Crippen LogP contribution in [0.3, 0.4) is 0 Å². The number of hydrogen-bond acceptors (Lipinski definition) is 3. The van der Waals surface area contributed by atoms with Crippen molar-refractivity contribution in [2.24, 2.45) is 0 Å². The minimum absolute atomic E-state index is 0.0375. The zero-order chi connectivity index (χ0) is 10.1. The number of aromatic nitrogens is 1. The lowest BCUT2D eigenvalue weighted by atomic mass is 10.1. The molecule has 0 fully saturated rings. The van der Waals surface area contributed by atoms with Crippen molar-refractivity contribution >= 4 is 16.6 Å². The van der Waals surface area contributed by atoms with Crippen LogP contribution in [0.25, 0.3) is 10.9 Å². The summed E-state index contributed by atoms with van der Waals surface area (Å²) >= 11 is 0. The summed E-state index contributed by atoms with van der Waals surface area (Å²) in [5, 5.41) is 10.0. The van der Waals surface area contributed by atoms with Crippen LogP contribution in [0.15, 0.2) is 24.3 Å². The number of aryl methyl sites for hydroxylation is 1. The number of rotatable bonds is 1. The quantitative estimate of drug-likeness (QED) is 0.668. The van der Waals surface area contributed by atoms with Crippen LogP contribution in [0.2, 0.25) is 0 Å².